The predicted octanol–water partition coefficient (Wildman–Crippen LogP) is 3.51. The van der Waals surface area contributed by atoms with Crippen molar-refractivity contribution in [2.24, 2.45) is 0 Å². The Morgan fingerprint density at radius 3 is 2.53 bits per heavy atom. The first-order chi connectivity index (χ1) is 8.06. The van der Waals surface area contributed by atoms with E-state index in [1.807, 2.05) is 37.1 Å². The molecule has 0 amide bonds. The molecule has 0 atom stereocenters. The first-order valence-electron chi connectivity index (χ1n) is 5.38. The number of hydrogen-bond acceptors (Lipinski definition) is 3. The van der Waals surface area contributed by atoms with Gasteiger partial charge in [0.1, 0.15) is 5.82 Å². The standard InChI is InChI=1S/C13H14ClN3/c1-9-5-4-6-11(7-9)17(3)12-8-10(2)15-13(14)16-12/h4-8H,1-3H3. The van der Waals surface area contributed by atoms with Gasteiger partial charge in [0.15, 0.2) is 0 Å². The third kappa shape index (κ3) is 2.74. The molecule has 0 spiro atoms. The van der Waals surface area contributed by atoms with E-state index in [0.717, 1.165) is 17.2 Å². The van der Waals surface area contributed by atoms with Crippen molar-refractivity contribution in [2.75, 3.05) is 11.9 Å². The molecule has 0 aliphatic rings. The Bertz CT molecular complexity index is 520. The fourth-order valence-corrected chi connectivity index (χ4v) is 1.88. The first-order valence-corrected chi connectivity index (χ1v) is 5.75. The number of hydrogen-bond donors (Lipinski definition) is 0. The van der Waals surface area contributed by atoms with Gasteiger partial charge in [0.05, 0.1) is 0 Å². The number of halogens is 1. The summed E-state index contributed by atoms with van der Waals surface area (Å²) in [6.07, 6.45) is 0. The minimum absolute atomic E-state index is 0.277. The molecule has 4 heteroatoms. The van der Waals surface area contributed by atoms with Gasteiger partial charge < -0.3 is 4.90 Å². The molecule has 0 bridgehead atoms. The number of anilines is 2. The van der Waals surface area contributed by atoms with Crippen LogP contribution >= 0.6 is 11.6 Å². The minimum Gasteiger partial charge on any atom is -0.329 e. The third-order valence-corrected chi connectivity index (χ3v) is 2.72. The van der Waals surface area contributed by atoms with Gasteiger partial charge in [-0.05, 0) is 43.1 Å². The van der Waals surface area contributed by atoms with Gasteiger partial charge in [-0.25, -0.2) is 9.97 Å². The molecule has 0 saturated heterocycles. The van der Waals surface area contributed by atoms with E-state index in [0.29, 0.717) is 0 Å². The second kappa shape index (κ2) is 4.72. The van der Waals surface area contributed by atoms with Crippen molar-refractivity contribution < 1.29 is 0 Å². The van der Waals surface area contributed by atoms with Crippen LogP contribution in [0, 0.1) is 13.8 Å². The number of benzene rings is 1. The smallest absolute Gasteiger partial charge is 0.224 e. The molecule has 0 fully saturated rings. The van der Waals surface area contributed by atoms with Crippen LogP contribution in [-0.4, -0.2) is 17.0 Å². The van der Waals surface area contributed by atoms with E-state index in [1.165, 1.54) is 5.56 Å². The molecule has 1 aromatic carbocycles. The maximum Gasteiger partial charge on any atom is 0.224 e. The summed E-state index contributed by atoms with van der Waals surface area (Å²) >= 11 is 5.86. The molecule has 17 heavy (non-hydrogen) atoms. The molecule has 2 aromatic rings. The van der Waals surface area contributed by atoms with Crippen molar-refractivity contribution in [3.8, 4) is 0 Å². The summed E-state index contributed by atoms with van der Waals surface area (Å²) in [5.74, 6) is 0.799. The minimum atomic E-state index is 0.277. The van der Waals surface area contributed by atoms with Gasteiger partial charge in [-0.1, -0.05) is 12.1 Å². The van der Waals surface area contributed by atoms with Crippen molar-refractivity contribution in [3.63, 3.8) is 0 Å². The zero-order valence-electron chi connectivity index (χ0n) is 10.1. The summed E-state index contributed by atoms with van der Waals surface area (Å²) < 4.78 is 0. The summed E-state index contributed by atoms with van der Waals surface area (Å²) in [4.78, 5) is 10.3. The molecular weight excluding hydrogens is 234 g/mol. The number of nitrogens with zero attached hydrogens (tertiary/aromatic N) is 3. The zero-order valence-corrected chi connectivity index (χ0v) is 10.9. The number of aromatic nitrogens is 2. The van der Waals surface area contributed by atoms with Gasteiger partial charge in [-0.3, -0.25) is 0 Å². The van der Waals surface area contributed by atoms with Crippen molar-refractivity contribution in [3.05, 3.63) is 46.9 Å². The summed E-state index contributed by atoms with van der Waals surface area (Å²) in [7, 11) is 1.97. The summed E-state index contributed by atoms with van der Waals surface area (Å²) in [6.45, 7) is 3.97. The van der Waals surface area contributed by atoms with Gasteiger partial charge in [0.25, 0.3) is 0 Å². The van der Waals surface area contributed by atoms with Crippen molar-refractivity contribution in [2.45, 2.75) is 13.8 Å². The highest BCUT2D eigenvalue weighted by molar-refractivity contribution is 6.28. The lowest BCUT2D eigenvalue weighted by molar-refractivity contribution is 1.05. The maximum atomic E-state index is 5.86. The van der Waals surface area contributed by atoms with E-state index < -0.39 is 0 Å². The molecule has 88 valence electrons. The largest absolute Gasteiger partial charge is 0.329 e. The second-order valence-electron chi connectivity index (χ2n) is 4.03. The third-order valence-electron chi connectivity index (χ3n) is 2.55. The Labute approximate surface area is 106 Å². The van der Waals surface area contributed by atoms with Crippen LogP contribution in [0.2, 0.25) is 5.28 Å². The molecule has 0 radical (unpaired) electrons. The Morgan fingerprint density at radius 2 is 1.88 bits per heavy atom. The number of aryl methyl sites for hydroxylation is 2. The summed E-state index contributed by atoms with van der Waals surface area (Å²) in [5.41, 5.74) is 3.16. The van der Waals surface area contributed by atoms with E-state index in [4.69, 9.17) is 11.6 Å². The van der Waals surface area contributed by atoms with Gasteiger partial charge in [0, 0.05) is 24.5 Å². The fourth-order valence-electron chi connectivity index (χ4n) is 1.66. The molecule has 3 nitrogen and oxygen atoms in total. The van der Waals surface area contributed by atoms with Crippen LogP contribution in [0.5, 0.6) is 0 Å². The van der Waals surface area contributed by atoms with Gasteiger partial charge in [-0.15, -0.1) is 0 Å². The highest BCUT2D eigenvalue weighted by Gasteiger charge is 2.07. The molecule has 1 aromatic heterocycles. The van der Waals surface area contributed by atoms with Gasteiger partial charge in [-0.2, -0.15) is 0 Å². The molecule has 1 heterocycles. The average molecular weight is 248 g/mol. The molecule has 2 rings (SSSR count). The second-order valence-corrected chi connectivity index (χ2v) is 4.37. The lowest BCUT2D eigenvalue weighted by atomic mass is 10.2. The predicted molar refractivity (Wildman–Crippen MR) is 71.0 cm³/mol. The van der Waals surface area contributed by atoms with Crippen LogP contribution in [0.15, 0.2) is 30.3 Å². The van der Waals surface area contributed by atoms with Crippen LogP contribution in [0.4, 0.5) is 11.5 Å². The highest BCUT2D eigenvalue weighted by atomic mass is 35.5. The lowest BCUT2D eigenvalue weighted by Crippen LogP contribution is -2.12. The van der Waals surface area contributed by atoms with Gasteiger partial charge in [0.2, 0.25) is 5.28 Å². The zero-order chi connectivity index (χ0) is 12.4. The first kappa shape index (κ1) is 11.9. The van der Waals surface area contributed by atoms with E-state index in [-0.39, 0.29) is 5.28 Å². The van der Waals surface area contributed by atoms with Crippen LogP contribution in [0.1, 0.15) is 11.3 Å². The van der Waals surface area contributed by atoms with E-state index in [1.54, 1.807) is 0 Å². The highest BCUT2D eigenvalue weighted by Crippen LogP contribution is 2.23. The topological polar surface area (TPSA) is 29.0 Å². The van der Waals surface area contributed by atoms with Crippen molar-refractivity contribution >= 4 is 23.1 Å². The fraction of sp³-hybridized carbons (Fsp3) is 0.231. The Morgan fingerprint density at radius 1 is 1.12 bits per heavy atom. The van der Waals surface area contributed by atoms with Crippen LogP contribution in [0.3, 0.4) is 0 Å². The Balaban J connectivity index is 2.39. The molecular formula is C13H14ClN3. The van der Waals surface area contributed by atoms with Crippen LogP contribution in [-0.2, 0) is 0 Å². The lowest BCUT2D eigenvalue weighted by Gasteiger charge is -2.19. The molecule has 0 N–H and O–H groups in total. The summed E-state index contributed by atoms with van der Waals surface area (Å²) in [5, 5.41) is 0.277. The SMILES string of the molecule is Cc1cccc(N(C)c2cc(C)nc(Cl)n2)c1. The molecule has 0 saturated carbocycles. The van der Waals surface area contributed by atoms with Crippen molar-refractivity contribution in [1.29, 1.82) is 0 Å². The van der Waals surface area contributed by atoms with Crippen molar-refractivity contribution in [1.82, 2.24) is 9.97 Å². The Kier molecular flexibility index (Phi) is 3.29. The maximum absolute atomic E-state index is 5.86. The van der Waals surface area contributed by atoms with E-state index in [2.05, 4.69) is 29.0 Å². The molecule has 0 unspecified atom stereocenters. The quantitative estimate of drug-likeness (QED) is 0.761. The number of rotatable bonds is 2. The average Bonchev–Trinajstić information content (AvgIpc) is 2.26. The Hall–Kier alpha value is -1.61. The van der Waals surface area contributed by atoms with Crippen LogP contribution < -0.4 is 4.90 Å². The molecule has 0 aliphatic carbocycles. The van der Waals surface area contributed by atoms with E-state index >= 15 is 0 Å². The normalized spacial score (nSPS) is 10.4. The molecule has 0 aliphatic heterocycles. The van der Waals surface area contributed by atoms with Gasteiger partial charge >= 0.3 is 0 Å². The monoisotopic (exact) mass is 247 g/mol. The van der Waals surface area contributed by atoms with Crippen LogP contribution in [0.25, 0.3) is 0 Å². The van der Waals surface area contributed by atoms with E-state index in [9.17, 15) is 0 Å². The summed E-state index contributed by atoms with van der Waals surface area (Å²) in [6, 6.07) is 10.1.